The van der Waals surface area contributed by atoms with E-state index in [1.165, 1.54) is 6.92 Å². The van der Waals surface area contributed by atoms with Gasteiger partial charge in [0.05, 0.1) is 0 Å². The second kappa shape index (κ2) is 6.20. The molecule has 1 aromatic heterocycles. The number of hydrogen-bond donors (Lipinski definition) is 0. The fourth-order valence-corrected chi connectivity index (χ4v) is 3.23. The fourth-order valence-electron chi connectivity index (χ4n) is 1.77. The van der Waals surface area contributed by atoms with Gasteiger partial charge in [0.25, 0.3) is 3.12 Å². The van der Waals surface area contributed by atoms with E-state index in [1.807, 2.05) is 12.1 Å². The molecule has 2 aromatic rings. The number of Topliss-reactive ketones (excluding diaryl/α,β-unsaturated/α-hetero) is 1. The predicted molar refractivity (Wildman–Crippen MR) is 88.2 cm³/mol. The lowest BCUT2D eigenvalue weighted by atomic mass is 10.0. The van der Waals surface area contributed by atoms with Crippen LogP contribution in [0.3, 0.4) is 0 Å². The molecule has 0 spiro atoms. The van der Waals surface area contributed by atoms with E-state index >= 15 is 0 Å². The van der Waals surface area contributed by atoms with Crippen molar-refractivity contribution in [2.24, 2.45) is 0 Å². The molecule has 0 saturated carbocycles. The first-order chi connectivity index (χ1) is 9.26. The molecule has 20 heavy (non-hydrogen) atoms. The van der Waals surface area contributed by atoms with Crippen LogP contribution in [0.15, 0.2) is 36.7 Å². The van der Waals surface area contributed by atoms with Gasteiger partial charge >= 0.3 is 0 Å². The number of carbonyl (C=O) groups is 1. The van der Waals surface area contributed by atoms with Crippen LogP contribution in [0.4, 0.5) is 0 Å². The number of ketones is 1. The minimum absolute atomic E-state index is 0.0661. The maximum atomic E-state index is 11.7. The van der Waals surface area contributed by atoms with E-state index in [0.29, 0.717) is 10.6 Å². The van der Waals surface area contributed by atoms with Crippen LogP contribution in [0, 0.1) is 0 Å². The van der Waals surface area contributed by atoms with Crippen LogP contribution in [-0.2, 0) is 0 Å². The van der Waals surface area contributed by atoms with E-state index in [9.17, 15) is 4.79 Å². The quantitative estimate of drug-likeness (QED) is 0.501. The van der Waals surface area contributed by atoms with Gasteiger partial charge in [0.15, 0.2) is 5.78 Å². The number of halogens is 4. The molecule has 0 saturated heterocycles. The van der Waals surface area contributed by atoms with Crippen molar-refractivity contribution in [3.8, 4) is 11.1 Å². The number of nitrogens with zero attached hydrogens (tertiary/aromatic N) is 1. The molecule has 0 bridgehead atoms. The van der Waals surface area contributed by atoms with Crippen molar-refractivity contribution in [2.75, 3.05) is 0 Å². The molecular formula is C13H9Cl4NOS. The molecule has 0 fully saturated rings. The Balaban J connectivity index is 2.49. The van der Waals surface area contributed by atoms with E-state index in [4.69, 9.17) is 46.4 Å². The average Bonchev–Trinajstić information content (AvgIpc) is 2.70. The highest BCUT2D eigenvalue weighted by atomic mass is 35.6. The minimum atomic E-state index is -1.50. The van der Waals surface area contributed by atoms with Gasteiger partial charge in [-0.3, -0.25) is 8.77 Å². The lowest BCUT2D eigenvalue weighted by Gasteiger charge is -2.09. The molecule has 2 rings (SSSR count). The Morgan fingerprint density at radius 1 is 1.25 bits per heavy atom. The lowest BCUT2D eigenvalue weighted by Crippen LogP contribution is -1.98. The Kier molecular flexibility index (Phi) is 4.98. The van der Waals surface area contributed by atoms with Gasteiger partial charge in [-0.2, -0.15) is 0 Å². The van der Waals surface area contributed by atoms with Crippen molar-refractivity contribution >= 4 is 64.1 Å². The monoisotopic (exact) mass is 367 g/mol. The summed E-state index contributed by atoms with van der Waals surface area (Å²) in [6.07, 6.45) is 3.39. The van der Waals surface area contributed by atoms with Crippen LogP contribution in [0.5, 0.6) is 0 Å². The Morgan fingerprint density at radius 2 is 1.95 bits per heavy atom. The predicted octanol–water partition coefficient (Wildman–Crippen LogP) is 5.84. The van der Waals surface area contributed by atoms with Gasteiger partial charge in [-0.1, -0.05) is 58.5 Å². The average molecular weight is 369 g/mol. The van der Waals surface area contributed by atoms with Crippen LogP contribution in [0.2, 0.25) is 5.02 Å². The zero-order valence-corrected chi connectivity index (χ0v) is 14.1. The van der Waals surface area contributed by atoms with E-state index in [2.05, 4.69) is 0 Å². The Bertz CT molecular complexity index is 648. The third-order valence-corrected chi connectivity index (χ3v) is 4.01. The van der Waals surface area contributed by atoms with Crippen molar-refractivity contribution in [3.05, 3.63) is 47.2 Å². The van der Waals surface area contributed by atoms with Gasteiger partial charge in [-0.15, -0.1) is 0 Å². The molecular weight excluding hydrogens is 360 g/mol. The third-order valence-electron chi connectivity index (χ3n) is 2.53. The van der Waals surface area contributed by atoms with Gasteiger partial charge in [0, 0.05) is 40.5 Å². The van der Waals surface area contributed by atoms with Crippen molar-refractivity contribution in [1.82, 2.24) is 3.97 Å². The van der Waals surface area contributed by atoms with Crippen LogP contribution in [-0.4, -0.2) is 12.9 Å². The summed E-state index contributed by atoms with van der Waals surface area (Å²) in [7, 11) is 0. The zero-order valence-electron chi connectivity index (χ0n) is 10.2. The van der Waals surface area contributed by atoms with Gasteiger partial charge in [-0.05, 0) is 24.6 Å². The highest BCUT2D eigenvalue weighted by Gasteiger charge is 2.23. The topological polar surface area (TPSA) is 22.0 Å². The van der Waals surface area contributed by atoms with Crippen molar-refractivity contribution in [2.45, 2.75) is 10.0 Å². The Morgan fingerprint density at radius 3 is 2.50 bits per heavy atom. The number of benzene rings is 1. The van der Waals surface area contributed by atoms with Crippen LogP contribution in [0.25, 0.3) is 11.1 Å². The first-order valence-corrected chi connectivity index (χ1v) is 7.80. The summed E-state index contributed by atoms with van der Waals surface area (Å²) in [6.45, 7) is 1.49. The molecule has 0 atom stereocenters. The van der Waals surface area contributed by atoms with Gasteiger partial charge in [0.1, 0.15) is 0 Å². The van der Waals surface area contributed by atoms with Crippen LogP contribution in [0.1, 0.15) is 17.3 Å². The summed E-state index contributed by atoms with van der Waals surface area (Å²) in [6, 6.07) is 7.25. The highest BCUT2D eigenvalue weighted by Crippen LogP contribution is 2.41. The normalized spacial score (nSPS) is 11.7. The highest BCUT2D eigenvalue weighted by molar-refractivity contribution is 8.03. The first-order valence-electron chi connectivity index (χ1n) is 5.51. The maximum absolute atomic E-state index is 11.7. The van der Waals surface area contributed by atoms with Crippen molar-refractivity contribution in [3.63, 3.8) is 0 Å². The minimum Gasteiger partial charge on any atom is -0.294 e. The van der Waals surface area contributed by atoms with Crippen molar-refractivity contribution in [1.29, 1.82) is 0 Å². The molecule has 0 N–H and O–H groups in total. The largest absolute Gasteiger partial charge is 0.294 e. The van der Waals surface area contributed by atoms with Crippen LogP contribution >= 0.6 is 58.4 Å². The second-order valence-electron chi connectivity index (χ2n) is 4.05. The van der Waals surface area contributed by atoms with Gasteiger partial charge < -0.3 is 0 Å². The Hall–Kier alpha value is -0.320. The number of hydrogen-bond acceptors (Lipinski definition) is 2. The van der Waals surface area contributed by atoms with Crippen molar-refractivity contribution < 1.29 is 4.79 Å². The molecule has 2 nitrogen and oxygen atoms in total. The Labute approximate surface area is 141 Å². The molecule has 7 heteroatoms. The molecule has 106 valence electrons. The summed E-state index contributed by atoms with van der Waals surface area (Å²) in [5, 5.41) is 0.596. The molecule has 0 unspecified atom stereocenters. The third kappa shape index (κ3) is 4.09. The molecule has 0 aliphatic carbocycles. The zero-order chi connectivity index (χ0) is 14.9. The molecule has 0 aliphatic heterocycles. The molecule has 1 aromatic carbocycles. The summed E-state index contributed by atoms with van der Waals surface area (Å²) in [4.78, 5) is 11.7. The SMILES string of the molecule is CC(=O)c1cn(SC(Cl)(Cl)Cl)cc1-c1cccc(Cl)c1. The van der Waals surface area contributed by atoms with E-state index in [-0.39, 0.29) is 5.78 Å². The molecule has 0 radical (unpaired) electrons. The van der Waals surface area contributed by atoms with Crippen LogP contribution < -0.4 is 0 Å². The number of rotatable bonds is 3. The van der Waals surface area contributed by atoms with E-state index < -0.39 is 3.12 Å². The number of aromatic nitrogens is 1. The molecule has 0 amide bonds. The second-order valence-corrected chi connectivity index (χ2v) is 8.66. The summed E-state index contributed by atoms with van der Waals surface area (Å²) in [5.41, 5.74) is 2.14. The number of alkyl halides is 3. The van der Waals surface area contributed by atoms with E-state index in [0.717, 1.165) is 23.1 Å². The standard InChI is InChI=1S/C13H9Cl4NOS/c1-8(19)11-6-18(20-13(15,16)17)7-12(11)9-3-2-4-10(14)5-9/h2-7H,1H3. The van der Waals surface area contributed by atoms with Gasteiger partial charge in [0.2, 0.25) is 0 Å². The molecule has 0 aliphatic rings. The summed E-state index contributed by atoms with van der Waals surface area (Å²) >= 11 is 24.2. The number of carbonyl (C=O) groups excluding carboxylic acids is 1. The smallest absolute Gasteiger partial charge is 0.256 e. The fraction of sp³-hybridized carbons (Fsp3) is 0.154. The first kappa shape index (κ1) is 16.1. The maximum Gasteiger partial charge on any atom is 0.256 e. The van der Waals surface area contributed by atoms with E-state index in [1.54, 1.807) is 28.5 Å². The van der Waals surface area contributed by atoms with Gasteiger partial charge in [-0.25, -0.2) is 0 Å². The summed E-state index contributed by atoms with van der Waals surface area (Å²) in [5.74, 6) is -0.0661. The lowest BCUT2D eigenvalue weighted by molar-refractivity contribution is 0.101. The molecule has 1 heterocycles. The summed E-state index contributed by atoms with van der Waals surface area (Å²) < 4.78 is 0.110.